The lowest BCUT2D eigenvalue weighted by atomic mass is 10.2. The van der Waals surface area contributed by atoms with Gasteiger partial charge in [-0.3, -0.25) is 9.59 Å². The summed E-state index contributed by atoms with van der Waals surface area (Å²) in [6.45, 7) is 2.65. The zero-order valence-corrected chi connectivity index (χ0v) is 10.7. The van der Waals surface area contributed by atoms with Crippen molar-refractivity contribution in [1.82, 2.24) is 5.32 Å². The summed E-state index contributed by atoms with van der Waals surface area (Å²) in [5, 5.41) is 2.73. The molecule has 0 aromatic carbocycles. The highest BCUT2D eigenvalue weighted by atomic mass is 35.5. The van der Waals surface area contributed by atoms with Gasteiger partial charge in [0.05, 0.1) is 9.21 Å². The second-order valence-electron chi connectivity index (χ2n) is 3.38. The van der Waals surface area contributed by atoms with E-state index in [0.717, 1.165) is 6.42 Å². The lowest BCUT2D eigenvalue weighted by molar-refractivity contribution is -0.121. The number of carbonyl (C=O) groups is 2. The van der Waals surface area contributed by atoms with Crippen LogP contribution >= 0.6 is 22.9 Å². The van der Waals surface area contributed by atoms with E-state index in [1.54, 1.807) is 12.1 Å². The van der Waals surface area contributed by atoms with Crippen molar-refractivity contribution >= 4 is 34.6 Å². The molecule has 1 rings (SSSR count). The van der Waals surface area contributed by atoms with Crippen molar-refractivity contribution in [3.63, 3.8) is 0 Å². The molecule has 0 bridgehead atoms. The summed E-state index contributed by atoms with van der Waals surface area (Å²) in [7, 11) is 0. The third kappa shape index (κ3) is 4.33. The fourth-order valence-corrected chi connectivity index (χ4v) is 2.18. The Morgan fingerprint density at radius 3 is 2.69 bits per heavy atom. The van der Waals surface area contributed by atoms with Crippen LogP contribution in [0, 0.1) is 0 Å². The van der Waals surface area contributed by atoms with Gasteiger partial charge in [-0.1, -0.05) is 18.5 Å². The van der Waals surface area contributed by atoms with Gasteiger partial charge in [0.15, 0.2) is 5.78 Å². The molecule has 0 aliphatic rings. The molecule has 0 saturated carbocycles. The third-order valence-electron chi connectivity index (χ3n) is 2.00. The van der Waals surface area contributed by atoms with Gasteiger partial charge in [-0.2, -0.15) is 0 Å². The zero-order chi connectivity index (χ0) is 12.0. The van der Waals surface area contributed by atoms with Crippen LogP contribution in [0.15, 0.2) is 12.1 Å². The molecule has 0 radical (unpaired) electrons. The smallest absolute Gasteiger partial charge is 0.220 e. The summed E-state index contributed by atoms with van der Waals surface area (Å²) in [5.41, 5.74) is 0. The molecule has 0 atom stereocenters. The lowest BCUT2D eigenvalue weighted by Gasteiger charge is -2.01. The van der Waals surface area contributed by atoms with Crippen molar-refractivity contribution in [3.05, 3.63) is 21.3 Å². The molecule has 0 unspecified atom stereocenters. The predicted octanol–water partition coefficient (Wildman–Crippen LogP) is 2.89. The van der Waals surface area contributed by atoms with Gasteiger partial charge in [0.25, 0.3) is 0 Å². The Morgan fingerprint density at radius 2 is 2.12 bits per heavy atom. The normalized spacial score (nSPS) is 10.1. The second-order valence-corrected chi connectivity index (χ2v) is 5.09. The number of carbonyl (C=O) groups excluding carboxylic acids is 2. The van der Waals surface area contributed by atoms with Crippen LogP contribution in [0.2, 0.25) is 4.34 Å². The van der Waals surface area contributed by atoms with Crippen LogP contribution in [0.4, 0.5) is 0 Å². The van der Waals surface area contributed by atoms with Gasteiger partial charge in [-0.05, 0) is 18.6 Å². The highest BCUT2D eigenvalue weighted by Crippen LogP contribution is 2.22. The van der Waals surface area contributed by atoms with Crippen LogP contribution in [0.3, 0.4) is 0 Å². The van der Waals surface area contributed by atoms with Crippen molar-refractivity contribution in [2.45, 2.75) is 26.2 Å². The number of thiophene rings is 1. The molecule has 1 N–H and O–H groups in total. The maximum atomic E-state index is 11.6. The topological polar surface area (TPSA) is 46.2 Å². The maximum absolute atomic E-state index is 11.6. The van der Waals surface area contributed by atoms with Crippen LogP contribution in [-0.4, -0.2) is 18.2 Å². The molecule has 3 nitrogen and oxygen atoms in total. The number of halogens is 1. The molecule has 0 aliphatic heterocycles. The maximum Gasteiger partial charge on any atom is 0.220 e. The summed E-state index contributed by atoms with van der Waals surface area (Å²) in [4.78, 5) is 23.5. The molecule has 0 fully saturated rings. The number of nitrogens with one attached hydrogen (secondary N) is 1. The first-order chi connectivity index (χ1) is 7.63. The van der Waals surface area contributed by atoms with Crippen LogP contribution in [0.25, 0.3) is 0 Å². The van der Waals surface area contributed by atoms with Crippen molar-refractivity contribution in [3.8, 4) is 0 Å². The van der Waals surface area contributed by atoms with Gasteiger partial charge in [0, 0.05) is 19.4 Å². The van der Waals surface area contributed by atoms with E-state index in [1.807, 2.05) is 6.92 Å². The van der Waals surface area contributed by atoms with Crippen LogP contribution in [0.1, 0.15) is 35.9 Å². The van der Waals surface area contributed by atoms with Crippen LogP contribution in [-0.2, 0) is 4.79 Å². The minimum Gasteiger partial charge on any atom is -0.356 e. The first-order valence-electron chi connectivity index (χ1n) is 5.18. The molecule has 16 heavy (non-hydrogen) atoms. The Morgan fingerprint density at radius 1 is 1.38 bits per heavy atom. The van der Waals surface area contributed by atoms with Gasteiger partial charge in [0.2, 0.25) is 5.91 Å². The predicted molar refractivity (Wildman–Crippen MR) is 66.2 cm³/mol. The van der Waals surface area contributed by atoms with E-state index < -0.39 is 0 Å². The Bertz CT molecular complexity index is 376. The number of Topliss-reactive ketones (excluding diaryl/α,β-unsaturated/α-hetero) is 1. The summed E-state index contributed by atoms with van der Waals surface area (Å²) >= 11 is 6.97. The SMILES string of the molecule is CCCNC(=O)CCC(=O)c1ccc(Cl)s1. The molecule has 0 spiro atoms. The molecular formula is C11H14ClNO2S. The van der Waals surface area contributed by atoms with E-state index in [0.29, 0.717) is 15.8 Å². The van der Waals surface area contributed by atoms with E-state index in [9.17, 15) is 9.59 Å². The highest BCUT2D eigenvalue weighted by Gasteiger charge is 2.10. The molecule has 0 saturated heterocycles. The molecule has 1 amide bonds. The highest BCUT2D eigenvalue weighted by molar-refractivity contribution is 7.18. The largest absolute Gasteiger partial charge is 0.356 e. The summed E-state index contributed by atoms with van der Waals surface area (Å²) in [6, 6.07) is 3.38. The second kappa shape index (κ2) is 6.66. The van der Waals surface area contributed by atoms with Gasteiger partial charge < -0.3 is 5.32 Å². The number of amides is 1. The fraction of sp³-hybridized carbons (Fsp3) is 0.455. The van der Waals surface area contributed by atoms with Crippen LogP contribution < -0.4 is 5.32 Å². The van der Waals surface area contributed by atoms with E-state index in [4.69, 9.17) is 11.6 Å². The van der Waals surface area contributed by atoms with Crippen LogP contribution in [0.5, 0.6) is 0 Å². The Balaban J connectivity index is 2.33. The fourth-order valence-electron chi connectivity index (χ4n) is 1.17. The van der Waals surface area contributed by atoms with E-state index in [2.05, 4.69) is 5.32 Å². The van der Waals surface area contributed by atoms with Gasteiger partial charge in [0.1, 0.15) is 0 Å². The van der Waals surface area contributed by atoms with Gasteiger partial charge >= 0.3 is 0 Å². The number of hydrogen-bond donors (Lipinski definition) is 1. The number of hydrogen-bond acceptors (Lipinski definition) is 3. The first-order valence-corrected chi connectivity index (χ1v) is 6.38. The van der Waals surface area contributed by atoms with Gasteiger partial charge in [-0.15, -0.1) is 11.3 Å². The molecular weight excluding hydrogens is 246 g/mol. The molecule has 1 heterocycles. The molecule has 1 aromatic rings. The molecule has 0 aliphatic carbocycles. The Kier molecular flexibility index (Phi) is 5.49. The Hall–Kier alpha value is -0.870. The molecule has 5 heteroatoms. The average molecular weight is 260 g/mol. The quantitative estimate of drug-likeness (QED) is 0.799. The van der Waals surface area contributed by atoms with E-state index in [1.165, 1.54) is 11.3 Å². The summed E-state index contributed by atoms with van der Waals surface area (Å²) < 4.78 is 0.596. The van der Waals surface area contributed by atoms with E-state index in [-0.39, 0.29) is 24.5 Å². The first kappa shape index (κ1) is 13.2. The van der Waals surface area contributed by atoms with Crippen molar-refractivity contribution < 1.29 is 9.59 Å². The monoisotopic (exact) mass is 259 g/mol. The average Bonchev–Trinajstić information content (AvgIpc) is 2.69. The number of rotatable bonds is 6. The van der Waals surface area contributed by atoms with Crippen molar-refractivity contribution in [1.29, 1.82) is 0 Å². The zero-order valence-electron chi connectivity index (χ0n) is 9.09. The standard InChI is InChI=1S/C11H14ClNO2S/c1-2-7-13-11(15)6-3-8(14)9-4-5-10(12)16-9/h4-5H,2-3,6-7H2,1H3,(H,13,15). The summed E-state index contributed by atoms with van der Waals surface area (Å²) in [5.74, 6) is -0.0959. The minimum absolute atomic E-state index is 0.0245. The van der Waals surface area contributed by atoms with E-state index >= 15 is 0 Å². The van der Waals surface area contributed by atoms with Gasteiger partial charge in [-0.25, -0.2) is 0 Å². The minimum atomic E-state index is -0.0714. The van der Waals surface area contributed by atoms with Crippen molar-refractivity contribution in [2.24, 2.45) is 0 Å². The molecule has 88 valence electrons. The summed E-state index contributed by atoms with van der Waals surface area (Å²) in [6.07, 6.45) is 1.39. The Labute approximate surface area is 104 Å². The van der Waals surface area contributed by atoms with Crippen molar-refractivity contribution in [2.75, 3.05) is 6.54 Å². The lowest BCUT2D eigenvalue weighted by Crippen LogP contribution is -2.24. The third-order valence-corrected chi connectivity index (χ3v) is 3.27. The number of ketones is 1. The molecule has 1 aromatic heterocycles.